The summed E-state index contributed by atoms with van der Waals surface area (Å²) in [7, 11) is -1.59. The Morgan fingerprint density at radius 1 is 1.09 bits per heavy atom. The van der Waals surface area contributed by atoms with Gasteiger partial charge in [-0.05, 0) is 40.1 Å². The van der Waals surface area contributed by atoms with Gasteiger partial charge in [0.25, 0.3) is 0 Å². The van der Waals surface area contributed by atoms with Crippen molar-refractivity contribution in [3.63, 3.8) is 0 Å². The van der Waals surface area contributed by atoms with Crippen molar-refractivity contribution in [1.29, 1.82) is 0 Å². The molecule has 3 aromatic rings. The summed E-state index contributed by atoms with van der Waals surface area (Å²) in [4.78, 5) is 5.19. The standard InChI is InChI=1S/C23H24N8O2S/c1-4-23(34(3,32)33)15-21(31-20(25-23)13-14-24-31)30(2)17-11-9-16(10-12-17)18-7-5-6-8-19(18)22-26-28-29-27-22/h5-15,24H,4H2,1-3H3,(H,26,27,28,29). The molecule has 2 N–H and O–H groups in total. The van der Waals surface area contributed by atoms with Gasteiger partial charge in [0, 0.05) is 42.9 Å². The summed E-state index contributed by atoms with van der Waals surface area (Å²) in [5, 5.41) is 16.0. The van der Waals surface area contributed by atoms with Gasteiger partial charge in [-0.25, -0.2) is 23.5 Å². The van der Waals surface area contributed by atoms with Crippen LogP contribution in [-0.4, -0.2) is 58.1 Å². The molecule has 1 aromatic heterocycles. The van der Waals surface area contributed by atoms with Crippen LogP contribution in [0, 0.1) is 0 Å². The fraction of sp³-hybridized carbons (Fsp3) is 0.217. The molecule has 0 fully saturated rings. The number of fused-ring (bicyclic) bond motifs is 1. The number of nitrogens with one attached hydrogen (secondary N) is 2. The van der Waals surface area contributed by atoms with Gasteiger partial charge in [-0.2, -0.15) is 0 Å². The highest BCUT2D eigenvalue weighted by molar-refractivity contribution is 7.92. The van der Waals surface area contributed by atoms with Crippen molar-refractivity contribution in [2.75, 3.05) is 18.2 Å². The number of nitrogens with zero attached hydrogens (tertiary/aromatic N) is 6. The zero-order valence-corrected chi connectivity index (χ0v) is 19.8. The minimum atomic E-state index is -3.49. The van der Waals surface area contributed by atoms with E-state index in [-0.39, 0.29) is 0 Å². The third-order valence-electron chi connectivity index (χ3n) is 6.14. The molecule has 3 heterocycles. The number of hydrazine groups is 1. The topological polar surface area (TPSA) is 119 Å². The number of hydrogen-bond donors (Lipinski definition) is 2. The summed E-state index contributed by atoms with van der Waals surface area (Å²) in [6.07, 6.45) is 6.79. The Balaban J connectivity index is 1.51. The number of benzene rings is 2. The Morgan fingerprint density at radius 2 is 1.82 bits per heavy atom. The van der Waals surface area contributed by atoms with E-state index in [0.717, 1.165) is 22.4 Å². The predicted octanol–water partition coefficient (Wildman–Crippen LogP) is 2.71. The Bertz CT molecular complexity index is 1410. The largest absolute Gasteiger partial charge is 0.330 e. The molecule has 2 aromatic carbocycles. The van der Waals surface area contributed by atoms with E-state index in [2.05, 4.69) is 31.0 Å². The summed E-state index contributed by atoms with van der Waals surface area (Å²) in [6, 6.07) is 15.9. The maximum atomic E-state index is 12.7. The Hall–Kier alpha value is -3.99. The summed E-state index contributed by atoms with van der Waals surface area (Å²) in [5.41, 5.74) is 6.92. The van der Waals surface area contributed by atoms with Crippen molar-refractivity contribution in [2.45, 2.75) is 18.2 Å². The maximum absolute atomic E-state index is 12.7. The van der Waals surface area contributed by atoms with Crippen molar-refractivity contribution in [1.82, 2.24) is 31.1 Å². The van der Waals surface area contributed by atoms with Crippen LogP contribution < -0.4 is 10.3 Å². The van der Waals surface area contributed by atoms with Crippen LogP contribution in [0.3, 0.4) is 0 Å². The highest BCUT2D eigenvalue weighted by Crippen LogP contribution is 2.36. The average molecular weight is 477 g/mol. The second kappa shape index (κ2) is 8.10. The maximum Gasteiger partial charge on any atom is 0.185 e. The van der Waals surface area contributed by atoms with Crippen LogP contribution in [0.4, 0.5) is 5.69 Å². The van der Waals surface area contributed by atoms with E-state index in [1.807, 2.05) is 67.4 Å². The van der Waals surface area contributed by atoms with Crippen LogP contribution in [0.1, 0.15) is 13.3 Å². The van der Waals surface area contributed by atoms with Crippen LogP contribution in [-0.2, 0) is 9.84 Å². The van der Waals surface area contributed by atoms with E-state index in [1.54, 1.807) is 23.4 Å². The first-order valence-electron chi connectivity index (χ1n) is 10.8. The van der Waals surface area contributed by atoms with E-state index in [9.17, 15) is 8.42 Å². The highest BCUT2D eigenvalue weighted by atomic mass is 32.2. The molecular weight excluding hydrogens is 452 g/mol. The van der Waals surface area contributed by atoms with Crippen LogP contribution in [0.5, 0.6) is 0 Å². The second-order valence-corrected chi connectivity index (χ2v) is 10.4. The van der Waals surface area contributed by atoms with Crippen molar-refractivity contribution < 1.29 is 8.42 Å². The molecule has 0 saturated heterocycles. The van der Waals surface area contributed by atoms with Gasteiger partial charge in [0.2, 0.25) is 0 Å². The summed E-state index contributed by atoms with van der Waals surface area (Å²) in [6.45, 7) is 1.83. The number of sulfone groups is 1. The summed E-state index contributed by atoms with van der Waals surface area (Å²) < 4.78 is 25.4. The molecular formula is C23H24N8O2S. The average Bonchev–Trinajstić information content (AvgIpc) is 3.54. The number of tetrazole rings is 1. The predicted molar refractivity (Wildman–Crippen MR) is 131 cm³/mol. The van der Waals surface area contributed by atoms with E-state index in [1.165, 1.54) is 6.26 Å². The van der Waals surface area contributed by atoms with Crippen molar-refractivity contribution in [3.05, 3.63) is 72.7 Å². The first-order valence-corrected chi connectivity index (χ1v) is 12.6. The number of rotatable bonds is 6. The molecule has 2 aliphatic rings. The number of aromatic nitrogens is 4. The Labute approximate surface area is 197 Å². The molecule has 0 aliphatic carbocycles. The van der Waals surface area contributed by atoms with Gasteiger partial charge in [0.05, 0.1) is 0 Å². The van der Waals surface area contributed by atoms with Gasteiger partial charge < -0.3 is 4.90 Å². The zero-order chi connectivity index (χ0) is 23.9. The normalized spacial score (nSPS) is 19.3. The number of H-pyrrole nitrogens is 1. The molecule has 0 saturated carbocycles. The van der Waals surface area contributed by atoms with Crippen LogP contribution in [0.25, 0.3) is 22.5 Å². The number of amidine groups is 1. The molecule has 0 radical (unpaired) electrons. The molecule has 2 aliphatic heterocycles. The fourth-order valence-electron chi connectivity index (χ4n) is 4.18. The smallest absolute Gasteiger partial charge is 0.185 e. The van der Waals surface area contributed by atoms with Crippen LogP contribution in [0.15, 0.2) is 77.7 Å². The quantitative estimate of drug-likeness (QED) is 0.557. The van der Waals surface area contributed by atoms with Gasteiger partial charge in [0.1, 0.15) is 5.82 Å². The second-order valence-electron chi connectivity index (χ2n) is 8.14. The minimum Gasteiger partial charge on any atom is -0.330 e. The van der Waals surface area contributed by atoms with Gasteiger partial charge in [-0.3, -0.25) is 5.43 Å². The Kier molecular flexibility index (Phi) is 5.20. The third kappa shape index (κ3) is 3.54. The molecule has 10 nitrogen and oxygen atoms in total. The van der Waals surface area contributed by atoms with Gasteiger partial charge in [-0.15, -0.1) is 5.10 Å². The van der Waals surface area contributed by atoms with E-state index in [4.69, 9.17) is 0 Å². The number of hydrogen-bond acceptors (Lipinski definition) is 9. The van der Waals surface area contributed by atoms with Crippen molar-refractivity contribution >= 4 is 21.4 Å². The van der Waals surface area contributed by atoms with Crippen LogP contribution in [0.2, 0.25) is 0 Å². The molecule has 11 heteroatoms. The highest BCUT2D eigenvalue weighted by Gasteiger charge is 2.43. The molecule has 5 rings (SSSR count). The molecule has 0 amide bonds. The molecule has 0 bridgehead atoms. The van der Waals surface area contributed by atoms with Gasteiger partial charge >= 0.3 is 0 Å². The third-order valence-corrected chi connectivity index (χ3v) is 7.92. The molecule has 34 heavy (non-hydrogen) atoms. The summed E-state index contributed by atoms with van der Waals surface area (Å²) >= 11 is 0. The lowest BCUT2D eigenvalue weighted by Gasteiger charge is -2.38. The lowest BCUT2D eigenvalue weighted by molar-refractivity contribution is 0.419. The number of aliphatic imine (C=N–C) groups is 1. The fourth-order valence-corrected chi connectivity index (χ4v) is 5.28. The van der Waals surface area contributed by atoms with Gasteiger partial charge in [-0.1, -0.05) is 43.3 Å². The van der Waals surface area contributed by atoms with E-state index < -0.39 is 14.7 Å². The van der Waals surface area contributed by atoms with E-state index in [0.29, 0.717) is 23.9 Å². The molecule has 0 spiro atoms. The van der Waals surface area contributed by atoms with Crippen molar-refractivity contribution in [2.24, 2.45) is 4.99 Å². The molecule has 174 valence electrons. The van der Waals surface area contributed by atoms with Gasteiger partial charge in [0.15, 0.2) is 26.4 Å². The van der Waals surface area contributed by atoms with Crippen molar-refractivity contribution in [3.8, 4) is 22.5 Å². The lowest BCUT2D eigenvalue weighted by Crippen LogP contribution is -2.48. The minimum absolute atomic E-state index is 0.334. The molecule has 1 unspecified atom stereocenters. The SMILES string of the molecule is CCC1(S(C)(=O)=O)C=C(N(C)c2ccc(-c3ccccc3-c3nnn[nH]3)cc2)N2NC=CC2=N1. The first kappa shape index (κ1) is 21.8. The number of aromatic amines is 1. The zero-order valence-electron chi connectivity index (χ0n) is 19.0. The van der Waals surface area contributed by atoms with Crippen LogP contribution >= 0.6 is 0 Å². The Morgan fingerprint density at radius 3 is 2.47 bits per heavy atom. The first-order chi connectivity index (χ1) is 16.3. The summed E-state index contributed by atoms with van der Waals surface area (Å²) in [5.74, 6) is 1.84. The monoisotopic (exact) mass is 476 g/mol. The van der Waals surface area contributed by atoms with E-state index >= 15 is 0 Å². The molecule has 1 atom stereocenters. The lowest BCUT2D eigenvalue weighted by atomic mass is 9.99. The number of anilines is 1.